The lowest BCUT2D eigenvalue weighted by molar-refractivity contribution is -0.0405. The molecule has 1 aromatic carbocycles. The van der Waals surface area contributed by atoms with Crippen LogP contribution in [0.25, 0.3) is 10.9 Å². The Morgan fingerprint density at radius 3 is 3.07 bits per heavy atom. The molecule has 4 heterocycles. The molecule has 30 heavy (non-hydrogen) atoms. The van der Waals surface area contributed by atoms with Crippen molar-refractivity contribution >= 4 is 28.6 Å². The van der Waals surface area contributed by atoms with Gasteiger partial charge >= 0.3 is 0 Å². The van der Waals surface area contributed by atoms with Gasteiger partial charge in [0.05, 0.1) is 24.1 Å². The van der Waals surface area contributed by atoms with E-state index in [-0.39, 0.29) is 29.7 Å². The molecule has 0 radical (unpaired) electrons. The zero-order valence-corrected chi connectivity index (χ0v) is 16.9. The largest absolute Gasteiger partial charge is 0.474 e. The molecule has 3 aromatic rings. The summed E-state index contributed by atoms with van der Waals surface area (Å²) in [5, 5.41) is 1.49. The maximum Gasteiger partial charge on any atom is 0.267 e. The monoisotopic (exact) mass is 425 g/mol. The summed E-state index contributed by atoms with van der Waals surface area (Å²) in [6.45, 7) is 1.95. The van der Waals surface area contributed by atoms with E-state index in [1.54, 1.807) is 9.47 Å². The second-order valence-corrected chi connectivity index (χ2v) is 8.07. The van der Waals surface area contributed by atoms with Gasteiger partial charge in [-0.25, -0.2) is 15.0 Å². The first-order valence-corrected chi connectivity index (χ1v) is 10.7. The van der Waals surface area contributed by atoms with Crippen LogP contribution < -0.4 is 10.3 Å². The van der Waals surface area contributed by atoms with Crippen LogP contribution in [0.1, 0.15) is 10.4 Å². The van der Waals surface area contributed by atoms with Crippen molar-refractivity contribution in [1.82, 2.24) is 24.4 Å². The fourth-order valence-electron chi connectivity index (χ4n) is 3.61. The predicted octanol–water partition coefficient (Wildman–Crippen LogP) is 1.21. The van der Waals surface area contributed by atoms with E-state index < -0.39 is 0 Å². The highest BCUT2D eigenvalue weighted by atomic mass is 32.2. The number of hydrogen-bond acceptors (Lipinski definition) is 8. The molecule has 1 fully saturated rings. The molecule has 154 valence electrons. The average molecular weight is 425 g/mol. The third-order valence-corrected chi connectivity index (χ3v) is 6.10. The molecule has 1 unspecified atom stereocenters. The van der Waals surface area contributed by atoms with Gasteiger partial charge in [0, 0.05) is 25.0 Å². The predicted molar refractivity (Wildman–Crippen MR) is 110 cm³/mol. The molecule has 5 rings (SSSR count). The summed E-state index contributed by atoms with van der Waals surface area (Å²) in [6.07, 6.45) is 2.53. The number of para-hydroxylation sites is 1. The Hall–Kier alpha value is -2.98. The van der Waals surface area contributed by atoms with E-state index in [1.807, 2.05) is 24.3 Å². The summed E-state index contributed by atoms with van der Waals surface area (Å²) in [4.78, 5) is 40.0. The van der Waals surface area contributed by atoms with E-state index in [2.05, 4.69) is 15.0 Å². The third-order valence-electron chi connectivity index (χ3n) is 5.13. The number of nitrogens with zero attached hydrogens (tertiary/aromatic N) is 5. The molecular formula is C20H19N5O4S. The molecule has 0 saturated carbocycles. The molecule has 2 aliphatic rings. The highest BCUT2D eigenvalue weighted by Gasteiger charge is 2.29. The Morgan fingerprint density at radius 1 is 1.23 bits per heavy atom. The molecule has 0 spiro atoms. The third kappa shape index (κ3) is 3.52. The molecule has 2 aliphatic heterocycles. The number of rotatable bonds is 4. The zero-order valence-electron chi connectivity index (χ0n) is 16.1. The summed E-state index contributed by atoms with van der Waals surface area (Å²) in [7, 11) is 0. The van der Waals surface area contributed by atoms with Crippen LogP contribution >= 0.6 is 11.8 Å². The molecule has 1 saturated heterocycles. The topological polar surface area (TPSA) is 99.4 Å². The van der Waals surface area contributed by atoms with Crippen molar-refractivity contribution in [3.63, 3.8) is 0 Å². The van der Waals surface area contributed by atoms with E-state index in [0.717, 1.165) is 16.7 Å². The van der Waals surface area contributed by atoms with Crippen molar-refractivity contribution in [2.75, 3.05) is 32.1 Å². The lowest BCUT2D eigenvalue weighted by atomic mass is 10.2. The second kappa shape index (κ2) is 8.04. The van der Waals surface area contributed by atoms with Crippen LogP contribution in [0.3, 0.4) is 0 Å². The summed E-state index contributed by atoms with van der Waals surface area (Å²) < 4.78 is 13.2. The van der Waals surface area contributed by atoms with Gasteiger partial charge in [-0.15, -0.1) is 0 Å². The molecule has 0 bridgehead atoms. The lowest BCUT2D eigenvalue weighted by Crippen LogP contribution is -2.49. The summed E-state index contributed by atoms with van der Waals surface area (Å²) in [5.41, 5.74) is 0.623. The normalized spacial score (nSPS) is 18.4. The van der Waals surface area contributed by atoms with Crippen molar-refractivity contribution in [2.45, 2.75) is 17.8 Å². The quantitative estimate of drug-likeness (QED) is 0.575. The van der Waals surface area contributed by atoms with Crippen LogP contribution in [0.5, 0.6) is 5.88 Å². The highest BCUT2D eigenvalue weighted by Crippen LogP contribution is 2.22. The van der Waals surface area contributed by atoms with Crippen LogP contribution in [0, 0.1) is 0 Å². The highest BCUT2D eigenvalue weighted by molar-refractivity contribution is 7.99. The smallest absolute Gasteiger partial charge is 0.267 e. The van der Waals surface area contributed by atoms with Gasteiger partial charge in [-0.3, -0.25) is 14.2 Å². The first-order chi connectivity index (χ1) is 14.7. The van der Waals surface area contributed by atoms with Crippen molar-refractivity contribution in [2.24, 2.45) is 0 Å². The van der Waals surface area contributed by atoms with Gasteiger partial charge in [-0.2, -0.15) is 0 Å². The molecule has 1 atom stereocenters. The molecule has 0 aliphatic carbocycles. The van der Waals surface area contributed by atoms with Crippen molar-refractivity contribution < 1.29 is 14.3 Å². The fourth-order valence-corrected chi connectivity index (χ4v) is 4.52. The van der Waals surface area contributed by atoms with Crippen molar-refractivity contribution in [1.29, 1.82) is 0 Å². The molecular weight excluding hydrogens is 406 g/mol. The van der Waals surface area contributed by atoms with Gasteiger partial charge in [0.2, 0.25) is 5.88 Å². The zero-order chi connectivity index (χ0) is 20.5. The number of morpholine rings is 1. The number of fused-ring (bicyclic) bond motifs is 2. The van der Waals surface area contributed by atoms with Gasteiger partial charge in [0.25, 0.3) is 11.5 Å². The number of benzene rings is 1. The molecule has 9 nitrogen and oxygen atoms in total. The van der Waals surface area contributed by atoms with Crippen molar-refractivity contribution in [3.8, 4) is 5.88 Å². The minimum atomic E-state index is -0.322. The Labute approximate surface area is 176 Å². The number of carbonyl (C=O) groups is 1. The standard InChI is InChI=1S/C20H19N5O4S/c26-18(15-9-21-20-25(19(15)27)6-8-30-20)24-5-7-28-13(10-24)11-29-17-14-3-1-2-4-16(14)22-12-23-17/h1-4,9,12-13H,5-8,10-11H2. The number of ether oxygens (including phenoxy) is 2. The number of amides is 1. The second-order valence-electron chi connectivity index (χ2n) is 7.01. The SMILES string of the molecule is O=C(c1cnc2n(c1=O)CCS2)N1CCOC(COc2ncnc3ccccc23)C1. The fraction of sp³-hybridized carbons (Fsp3) is 0.350. The van der Waals surface area contributed by atoms with Crippen LogP contribution in [-0.4, -0.2) is 68.5 Å². The van der Waals surface area contributed by atoms with E-state index in [1.165, 1.54) is 24.3 Å². The van der Waals surface area contributed by atoms with Gasteiger partial charge in [-0.05, 0) is 12.1 Å². The molecule has 0 N–H and O–H groups in total. The number of hydrogen-bond donors (Lipinski definition) is 0. The molecule has 10 heteroatoms. The number of aromatic nitrogens is 4. The van der Waals surface area contributed by atoms with Crippen molar-refractivity contribution in [3.05, 3.63) is 52.7 Å². The van der Waals surface area contributed by atoms with Gasteiger partial charge in [0.15, 0.2) is 5.16 Å². The maximum absolute atomic E-state index is 13.0. The number of carbonyl (C=O) groups excluding carboxylic acids is 1. The van der Waals surface area contributed by atoms with E-state index in [9.17, 15) is 9.59 Å². The minimum Gasteiger partial charge on any atom is -0.474 e. The van der Waals surface area contributed by atoms with Gasteiger partial charge in [0.1, 0.15) is 24.6 Å². The van der Waals surface area contributed by atoms with E-state index >= 15 is 0 Å². The van der Waals surface area contributed by atoms with Gasteiger partial charge < -0.3 is 14.4 Å². The average Bonchev–Trinajstić information content (AvgIpc) is 3.27. The first-order valence-electron chi connectivity index (χ1n) is 9.67. The molecule has 2 aromatic heterocycles. The summed E-state index contributed by atoms with van der Waals surface area (Å²) >= 11 is 1.52. The summed E-state index contributed by atoms with van der Waals surface area (Å²) in [5.74, 6) is 0.959. The first kappa shape index (κ1) is 19.0. The Bertz CT molecular complexity index is 1160. The Balaban J connectivity index is 1.28. The summed E-state index contributed by atoms with van der Waals surface area (Å²) in [6, 6.07) is 7.59. The molecule has 1 amide bonds. The van der Waals surface area contributed by atoms with Crippen LogP contribution in [0.2, 0.25) is 0 Å². The maximum atomic E-state index is 13.0. The Kier molecular flexibility index (Phi) is 5.09. The lowest BCUT2D eigenvalue weighted by Gasteiger charge is -2.32. The van der Waals surface area contributed by atoms with Gasteiger partial charge in [-0.1, -0.05) is 23.9 Å². The van der Waals surface area contributed by atoms with Crippen LogP contribution in [-0.2, 0) is 11.3 Å². The van der Waals surface area contributed by atoms with Crippen LogP contribution in [0.4, 0.5) is 0 Å². The van der Waals surface area contributed by atoms with E-state index in [0.29, 0.717) is 37.3 Å². The van der Waals surface area contributed by atoms with E-state index in [4.69, 9.17) is 9.47 Å². The number of thioether (sulfide) groups is 1. The Morgan fingerprint density at radius 2 is 2.13 bits per heavy atom. The minimum absolute atomic E-state index is 0.101. The van der Waals surface area contributed by atoms with Crippen LogP contribution in [0.15, 0.2) is 46.7 Å².